The second kappa shape index (κ2) is 9.36. The lowest BCUT2D eigenvalue weighted by Crippen LogP contribution is -2.42. The van der Waals surface area contributed by atoms with Gasteiger partial charge in [0.2, 0.25) is 15.9 Å². The summed E-state index contributed by atoms with van der Waals surface area (Å²) in [5.41, 5.74) is 7.27. The zero-order valence-corrected chi connectivity index (χ0v) is 19.7. The lowest BCUT2D eigenvalue weighted by molar-refractivity contribution is -0.122. The highest BCUT2D eigenvalue weighted by molar-refractivity contribution is 7.91. The van der Waals surface area contributed by atoms with E-state index in [-0.39, 0.29) is 29.9 Å². The predicted octanol–water partition coefficient (Wildman–Crippen LogP) is 1.81. The number of benzene rings is 1. The maximum Gasteiger partial charge on any atom is 0.275 e. The van der Waals surface area contributed by atoms with E-state index in [9.17, 15) is 18.0 Å². The summed E-state index contributed by atoms with van der Waals surface area (Å²) in [6.45, 7) is 1.50. The molecule has 0 saturated heterocycles. The van der Waals surface area contributed by atoms with E-state index >= 15 is 0 Å². The third kappa shape index (κ3) is 5.60. The van der Waals surface area contributed by atoms with E-state index in [2.05, 4.69) is 15.0 Å². The Labute approximate surface area is 195 Å². The quantitative estimate of drug-likeness (QED) is 0.465. The molecule has 9 nitrogen and oxygen atoms in total. The first-order chi connectivity index (χ1) is 15.7. The summed E-state index contributed by atoms with van der Waals surface area (Å²) in [4.78, 5) is 31.0. The fourth-order valence-corrected chi connectivity index (χ4v) is 6.03. The fraction of sp³-hybridized carbons (Fsp3) is 0.318. The first-order valence-electron chi connectivity index (χ1n) is 10.5. The number of aromatic nitrogens is 2. The number of aryl methyl sites for hydroxylation is 2. The highest BCUT2D eigenvalue weighted by Gasteiger charge is 2.24. The number of carbonyl (C=O) groups excluding carboxylic acids is 1. The van der Waals surface area contributed by atoms with E-state index in [1.54, 1.807) is 43.3 Å². The van der Waals surface area contributed by atoms with Crippen LogP contribution in [-0.2, 0) is 40.0 Å². The van der Waals surface area contributed by atoms with E-state index in [1.807, 2.05) is 0 Å². The maximum absolute atomic E-state index is 12.9. The lowest BCUT2D eigenvalue weighted by Gasteiger charge is -2.23. The highest BCUT2D eigenvalue weighted by Crippen LogP contribution is 2.28. The number of pyridine rings is 1. The molecule has 1 atom stereocenters. The molecule has 0 bridgehead atoms. The van der Waals surface area contributed by atoms with Crippen LogP contribution in [-0.4, -0.2) is 29.9 Å². The number of rotatable bonds is 7. The molecule has 0 saturated carbocycles. The number of sulfonamides is 1. The number of amides is 1. The molecule has 1 aliphatic rings. The van der Waals surface area contributed by atoms with Crippen molar-refractivity contribution in [3.63, 3.8) is 0 Å². The summed E-state index contributed by atoms with van der Waals surface area (Å²) in [6.07, 6.45) is 2.14. The molecule has 174 valence electrons. The van der Waals surface area contributed by atoms with Gasteiger partial charge < -0.3 is 15.6 Å². The smallest absolute Gasteiger partial charge is 0.275 e. The monoisotopic (exact) mass is 487 g/mol. The maximum atomic E-state index is 12.9. The van der Waals surface area contributed by atoms with Gasteiger partial charge in [0.15, 0.2) is 5.13 Å². The number of nitrogens with two attached hydrogens (primary N) is 1. The van der Waals surface area contributed by atoms with E-state index < -0.39 is 15.6 Å². The highest BCUT2D eigenvalue weighted by atomic mass is 32.2. The average molecular weight is 488 g/mol. The van der Waals surface area contributed by atoms with Gasteiger partial charge in [-0.1, -0.05) is 30.3 Å². The molecule has 1 amide bonds. The molecule has 0 fully saturated rings. The van der Waals surface area contributed by atoms with Gasteiger partial charge in [0.25, 0.3) is 5.56 Å². The van der Waals surface area contributed by atoms with Crippen molar-refractivity contribution in [2.45, 2.75) is 44.5 Å². The second-order valence-corrected chi connectivity index (χ2v) is 10.9. The second-order valence-electron chi connectivity index (χ2n) is 8.06. The van der Waals surface area contributed by atoms with E-state index in [1.165, 1.54) is 22.0 Å². The van der Waals surface area contributed by atoms with Gasteiger partial charge in [0.05, 0.1) is 11.4 Å². The summed E-state index contributed by atoms with van der Waals surface area (Å²) >= 11 is 1.43. The van der Waals surface area contributed by atoms with Crippen molar-refractivity contribution in [2.75, 3.05) is 10.5 Å². The Hall–Kier alpha value is -3.18. The summed E-state index contributed by atoms with van der Waals surface area (Å²) < 4.78 is 28.7. The van der Waals surface area contributed by atoms with Gasteiger partial charge in [0, 0.05) is 23.0 Å². The van der Waals surface area contributed by atoms with Crippen molar-refractivity contribution in [3.05, 3.63) is 74.6 Å². The van der Waals surface area contributed by atoms with Crippen LogP contribution in [0.25, 0.3) is 0 Å². The zero-order valence-electron chi connectivity index (χ0n) is 18.1. The largest absolute Gasteiger partial charge is 0.375 e. The van der Waals surface area contributed by atoms with Crippen LogP contribution in [0, 0.1) is 6.92 Å². The first kappa shape index (κ1) is 23.0. The lowest BCUT2D eigenvalue weighted by atomic mass is 9.98. The number of carbonyl (C=O) groups is 1. The van der Waals surface area contributed by atoms with Crippen molar-refractivity contribution >= 4 is 38.1 Å². The summed E-state index contributed by atoms with van der Waals surface area (Å²) in [7, 11) is -3.80. The van der Waals surface area contributed by atoms with Crippen LogP contribution in [0.5, 0.6) is 0 Å². The minimum absolute atomic E-state index is 0.0617. The third-order valence-corrected chi connectivity index (χ3v) is 7.67. The van der Waals surface area contributed by atoms with Crippen LogP contribution in [0.1, 0.15) is 28.2 Å². The molecule has 0 radical (unpaired) electrons. The molecule has 11 heteroatoms. The number of nitrogens with one attached hydrogen (secondary N) is 2. The molecule has 2 aromatic heterocycles. The van der Waals surface area contributed by atoms with Crippen molar-refractivity contribution in [1.29, 1.82) is 0 Å². The molecule has 0 spiro atoms. The first-order valence-corrected chi connectivity index (χ1v) is 13.0. The summed E-state index contributed by atoms with van der Waals surface area (Å²) in [5.74, 6) is -0.566. The Bertz CT molecular complexity index is 1330. The van der Waals surface area contributed by atoms with E-state index in [0.29, 0.717) is 22.8 Å². The van der Waals surface area contributed by atoms with Crippen LogP contribution < -0.4 is 21.3 Å². The molecule has 0 aliphatic heterocycles. The average Bonchev–Trinajstić information content (AvgIpc) is 3.13. The van der Waals surface area contributed by atoms with Gasteiger partial charge in [-0.3, -0.25) is 14.3 Å². The molecule has 0 unspecified atom stereocenters. The normalized spacial score (nSPS) is 15.6. The van der Waals surface area contributed by atoms with Gasteiger partial charge >= 0.3 is 0 Å². The molecule has 4 rings (SSSR count). The zero-order chi connectivity index (χ0) is 23.6. The molecule has 2 heterocycles. The molecule has 33 heavy (non-hydrogen) atoms. The summed E-state index contributed by atoms with van der Waals surface area (Å²) in [6, 6.07) is 11.7. The number of hydrogen-bond acceptors (Lipinski definition) is 7. The van der Waals surface area contributed by atoms with Crippen molar-refractivity contribution < 1.29 is 13.2 Å². The number of thiazole rings is 1. The van der Waals surface area contributed by atoms with Crippen LogP contribution in [0.3, 0.4) is 0 Å². The van der Waals surface area contributed by atoms with Gasteiger partial charge in [-0.05, 0) is 37.5 Å². The van der Waals surface area contributed by atoms with Crippen molar-refractivity contribution in [1.82, 2.24) is 14.9 Å². The number of fused-ring (bicyclic) bond motifs is 1. The standard InChI is InChI=1S/C22H25N5O4S2/c1-14-7-9-18(26-33(30,31)13-15-5-3-2-4-6-15)21(29)27(14)12-20(28)24-16-8-10-17-19(11-16)32-22(23)25-17/h2-7,9,16,26H,8,10-13H2,1H3,(H2,23,25)(H,24,28)/t16-/m1/s1. The van der Waals surface area contributed by atoms with Crippen LogP contribution >= 0.6 is 11.3 Å². The number of nitrogens with zero attached hydrogens (tertiary/aromatic N) is 2. The predicted molar refractivity (Wildman–Crippen MR) is 129 cm³/mol. The fourth-order valence-electron chi connectivity index (χ4n) is 3.88. The van der Waals surface area contributed by atoms with Crippen LogP contribution in [0.4, 0.5) is 10.8 Å². The molecule has 4 N–H and O–H groups in total. The minimum Gasteiger partial charge on any atom is -0.375 e. The summed E-state index contributed by atoms with van der Waals surface area (Å²) in [5, 5.41) is 3.50. The van der Waals surface area contributed by atoms with Gasteiger partial charge in [-0.15, -0.1) is 11.3 Å². The van der Waals surface area contributed by atoms with Gasteiger partial charge in [-0.25, -0.2) is 13.4 Å². The van der Waals surface area contributed by atoms with E-state index in [0.717, 1.165) is 23.4 Å². The van der Waals surface area contributed by atoms with Gasteiger partial charge in [0.1, 0.15) is 12.2 Å². The Balaban J connectivity index is 1.44. The molecular formula is C22H25N5O4S2. The van der Waals surface area contributed by atoms with Crippen molar-refractivity contribution in [3.8, 4) is 0 Å². The molecule has 1 aromatic carbocycles. The Morgan fingerprint density at radius 3 is 2.76 bits per heavy atom. The Kier molecular flexibility index (Phi) is 6.52. The molecule has 3 aromatic rings. The Morgan fingerprint density at radius 1 is 1.24 bits per heavy atom. The molecule has 1 aliphatic carbocycles. The van der Waals surface area contributed by atoms with Crippen molar-refractivity contribution in [2.24, 2.45) is 0 Å². The topological polar surface area (TPSA) is 136 Å². The SMILES string of the molecule is Cc1ccc(NS(=O)(=O)Cc2ccccc2)c(=O)n1CC(=O)N[C@@H]1CCc2nc(N)sc2C1. The minimum atomic E-state index is -3.80. The number of hydrogen-bond donors (Lipinski definition) is 3. The van der Waals surface area contributed by atoms with Crippen LogP contribution in [0.15, 0.2) is 47.3 Å². The van der Waals surface area contributed by atoms with E-state index in [4.69, 9.17) is 5.73 Å². The van der Waals surface area contributed by atoms with Crippen LogP contribution in [0.2, 0.25) is 0 Å². The molecular weight excluding hydrogens is 462 g/mol. The third-order valence-electron chi connectivity index (χ3n) is 5.48. The van der Waals surface area contributed by atoms with Gasteiger partial charge in [-0.2, -0.15) is 0 Å². The number of anilines is 2. The number of nitrogen functional groups attached to an aromatic ring is 1. The Morgan fingerprint density at radius 2 is 2.00 bits per heavy atom.